The third-order valence-corrected chi connectivity index (χ3v) is 3.25. The average molecular weight is 221 g/mol. The molecule has 3 heteroatoms. The highest BCUT2D eigenvalue weighted by Gasteiger charge is 2.05. The third-order valence-electron chi connectivity index (χ3n) is 2.20. The molecule has 0 saturated heterocycles. The van der Waals surface area contributed by atoms with Crippen molar-refractivity contribution in [3.05, 3.63) is 52.5 Å². The monoisotopic (exact) mass is 221 g/mol. The Labute approximate surface area is 92.6 Å². The molecule has 1 aromatic heterocycles. The average Bonchev–Trinajstić information content (AvgIpc) is 2.74. The predicted molar refractivity (Wildman–Crippen MR) is 62.8 cm³/mol. The molecule has 0 fully saturated rings. The molecule has 78 valence electrons. The molecule has 0 bridgehead atoms. The molecule has 1 atom stereocenters. The normalized spacial score (nSPS) is 12.4. The largest absolute Gasteiger partial charge is 0.378 e. The van der Waals surface area contributed by atoms with E-state index in [1.807, 2.05) is 6.07 Å². The standard InChI is InChI=1S/C12H12FNS/c1-9(12-3-2-8-15-12)14-11-6-4-10(13)5-7-11/h2-9,14H,1H3. The second kappa shape index (κ2) is 4.45. The van der Waals surface area contributed by atoms with E-state index in [1.165, 1.54) is 17.0 Å². The molecular weight excluding hydrogens is 209 g/mol. The van der Waals surface area contributed by atoms with E-state index in [4.69, 9.17) is 0 Å². The van der Waals surface area contributed by atoms with Gasteiger partial charge in [-0.1, -0.05) is 6.07 Å². The van der Waals surface area contributed by atoms with Crippen LogP contribution in [-0.2, 0) is 0 Å². The van der Waals surface area contributed by atoms with Gasteiger partial charge in [-0.2, -0.15) is 0 Å². The first-order valence-electron chi connectivity index (χ1n) is 4.81. The second-order valence-electron chi connectivity index (χ2n) is 3.39. The van der Waals surface area contributed by atoms with Crippen molar-refractivity contribution >= 4 is 17.0 Å². The number of hydrogen-bond acceptors (Lipinski definition) is 2. The number of anilines is 1. The van der Waals surface area contributed by atoms with Gasteiger partial charge in [0, 0.05) is 10.6 Å². The zero-order valence-electron chi connectivity index (χ0n) is 8.41. The molecule has 0 aliphatic carbocycles. The Bertz CT molecular complexity index is 408. The second-order valence-corrected chi connectivity index (χ2v) is 4.37. The first kappa shape index (κ1) is 10.2. The summed E-state index contributed by atoms with van der Waals surface area (Å²) in [5.41, 5.74) is 0.942. The van der Waals surface area contributed by atoms with Gasteiger partial charge in [0.25, 0.3) is 0 Å². The summed E-state index contributed by atoms with van der Waals surface area (Å²) in [5, 5.41) is 5.37. The maximum atomic E-state index is 12.7. The summed E-state index contributed by atoms with van der Waals surface area (Å²) >= 11 is 1.72. The van der Waals surface area contributed by atoms with Crippen molar-refractivity contribution in [1.29, 1.82) is 0 Å². The fourth-order valence-corrected chi connectivity index (χ4v) is 2.14. The van der Waals surface area contributed by atoms with Crippen molar-refractivity contribution in [2.45, 2.75) is 13.0 Å². The number of rotatable bonds is 3. The highest BCUT2D eigenvalue weighted by Crippen LogP contribution is 2.22. The zero-order valence-corrected chi connectivity index (χ0v) is 9.22. The molecule has 0 radical (unpaired) electrons. The highest BCUT2D eigenvalue weighted by atomic mass is 32.1. The van der Waals surface area contributed by atoms with E-state index in [0.717, 1.165) is 5.69 Å². The minimum absolute atomic E-state index is 0.204. The molecule has 1 aromatic carbocycles. The van der Waals surface area contributed by atoms with E-state index >= 15 is 0 Å². The number of hydrogen-bond donors (Lipinski definition) is 1. The van der Waals surface area contributed by atoms with Crippen LogP contribution < -0.4 is 5.32 Å². The summed E-state index contributed by atoms with van der Waals surface area (Å²) in [4.78, 5) is 1.28. The number of thiophene rings is 1. The van der Waals surface area contributed by atoms with Crippen molar-refractivity contribution < 1.29 is 4.39 Å². The van der Waals surface area contributed by atoms with Gasteiger partial charge in [-0.3, -0.25) is 0 Å². The van der Waals surface area contributed by atoms with Gasteiger partial charge in [-0.25, -0.2) is 4.39 Å². The molecule has 0 spiro atoms. The molecule has 2 aromatic rings. The van der Waals surface area contributed by atoms with Crippen LogP contribution in [-0.4, -0.2) is 0 Å². The van der Waals surface area contributed by atoms with Crippen LogP contribution in [0.4, 0.5) is 10.1 Å². The van der Waals surface area contributed by atoms with Gasteiger partial charge < -0.3 is 5.32 Å². The Kier molecular flexibility index (Phi) is 3.02. The Morgan fingerprint density at radius 1 is 1.20 bits per heavy atom. The van der Waals surface area contributed by atoms with Crippen LogP contribution in [0.25, 0.3) is 0 Å². The maximum absolute atomic E-state index is 12.7. The summed E-state index contributed by atoms with van der Waals surface area (Å²) in [6.45, 7) is 2.09. The molecule has 0 aliphatic heterocycles. The summed E-state index contributed by atoms with van der Waals surface area (Å²) < 4.78 is 12.7. The molecule has 1 N–H and O–H groups in total. The fourth-order valence-electron chi connectivity index (χ4n) is 1.40. The first-order valence-corrected chi connectivity index (χ1v) is 5.69. The summed E-state index contributed by atoms with van der Waals surface area (Å²) in [5.74, 6) is -0.204. The van der Waals surface area contributed by atoms with Gasteiger partial charge in [-0.05, 0) is 42.6 Å². The lowest BCUT2D eigenvalue weighted by atomic mass is 10.2. The van der Waals surface area contributed by atoms with Crippen LogP contribution >= 0.6 is 11.3 Å². The molecule has 1 unspecified atom stereocenters. The molecule has 15 heavy (non-hydrogen) atoms. The van der Waals surface area contributed by atoms with Gasteiger partial charge in [-0.15, -0.1) is 11.3 Å². The quantitative estimate of drug-likeness (QED) is 0.824. The molecule has 0 aliphatic rings. The van der Waals surface area contributed by atoms with E-state index in [1.54, 1.807) is 23.5 Å². The topological polar surface area (TPSA) is 12.0 Å². The van der Waals surface area contributed by atoms with Crippen molar-refractivity contribution in [1.82, 2.24) is 0 Å². The van der Waals surface area contributed by atoms with Gasteiger partial charge in [0.15, 0.2) is 0 Å². The van der Waals surface area contributed by atoms with Gasteiger partial charge in [0.2, 0.25) is 0 Å². The minimum Gasteiger partial charge on any atom is -0.378 e. The Hall–Kier alpha value is -1.35. The van der Waals surface area contributed by atoms with Crippen molar-refractivity contribution in [3.8, 4) is 0 Å². The number of nitrogens with one attached hydrogen (secondary N) is 1. The maximum Gasteiger partial charge on any atom is 0.123 e. The lowest BCUT2D eigenvalue weighted by Crippen LogP contribution is -2.04. The molecule has 1 heterocycles. The van der Waals surface area contributed by atoms with Crippen LogP contribution in [0.1, 0.15) is 17.8 Å². The summed E-state index contributed by atoms with van der Waals surface area (Å²) in [6, 6.07) is 10.8. The summed E-state index contributed by atoms with van der Waals surface area (Å²) in [7, 11) is 0. The molecule has 1 nitrogen and oxygen atoms in total. The number of benzene rings is 1. The van der Waals surface area contributed by atoms with E-state index in [2.05, 4.69) is 23.7 Å². The van der Waals surface area contributed by atoms with Crippen LogP contribution in [0.15, 0.2) is 41.8 Å². The lowest BCUT2D eigenvalue weighted by Gasteiger charge is -2.13. The fraction of sp³-hybridized carbons (Fsp3) is 0.167. The number of halogens is 1. The van der Waals surface area contributed by atoms with Crippen molar-refractivity contribution in [2.24, 2.45) is 0 Å². The summed E-state index contributed by atoms with van der Waals surface area (Å²) in [6.07, 6.45) is 0. The van der Waals surface area contributed by atoms with Gasteiger partial charge in [0.1, 0.15) is 5.82 Å². The predicted octanol–water partition coefficient (Wildman–Crippen LogP) is 4.06. The Morgan fingerprint density at radius 3 is 2.53 bits per heavy atom. The SMILES string of the molecule is CC(Nc1ccc(F)cc1)c1cccs1. The van der Waals surface area contributed by atoms with Gasteiger partial charge >= 0.3 is 0 Å². The van der Waals surface area contributed by atoms with E-state index in [9.17, 15) is 4.39 Å². The molecule has 0 saturated carbocycles. The van der Waals surface area contributed by atoms with E-state index < -0.39 is 0 Å². The Balaban J connectivity index is 2.06. The lowest BCUT2D eigenvalue weighted by molar-refractivity contribution is 0.628. The zero-order chi connectivity index (χ0) is 10.7. The van der Waals surface area contributed by atoms with Gasteiger partial charge in [0.05, 0.1) is 6.04 Å². The molecule has 2 rings (SSSR count). The van der Waals surface area contributed by atoms with Crippen LogP contribution in [0.2, 0.25) is 0 Å². The third kappa shape index (κ3) is 2.57. The van der Waals surface area contributed by atoms with Crippen molar-refractivity contribution in [2.75, 3.05) is 5.32 Å². The van der Waals surface area contributed by atoms with Crippen molar-refractivity contribution in [3.63, 3.8) is 0 Å². The van der Waals surface area contributed by atoms with Crippen LogP contribution in [0.3, 0.4) is 0 Å². The first-order chi connectivity index (χ1) is 7.25. The van der Waals surface area contributed by atoms with Crippen LogP contribution in [0.5, 0.6) is 0 Å². The highest BCUT2D eigenvalue weighted by molar-refractivity contribution is 7.10. The molecular formula is C12H12FNS. The van der Waals surface area contributed by atoms with E-state index in [0.29, 0.717) is 0 Å². The molecule has 0 amide bonds. The van der Waals surface area contributed by atoms with Crippen LogP contribution in [0, 0.1) is 5.82 Å². The minimum atomic E-state index is -0.204. The Morgan fingerprint density at radius 2 is 1.93 bits per heavy atom. The smallest absolute Gasteiger partial charge is 0.123 e. The van der Waals surface area contributed by atoms with E-state index in [-0.39, 0.29) is 11.9 Å².